The van der Waals surface area contributed by atoms with Crippen LogP contribution in [0.25, 0.3) is 0 Å². The first kappa shape index (κ1) is 13.3. The third-order valence-electron chi connectivity index (χ3n) is 3.62. The maximum atomic E-state index is 5.82. The van der Waals surface area contributed by atoms with E-state index in [9.17, 15) is 0 Å². The minimum atomic E-state index is 0.615. The number of halogens is 1. The van der Waals surface area contributed by atoms with Gasteiger partial charge in [-0.15, -0.1) is 11.6 Å². The number of hydrogen-bond donors (Lipinski definition) is 1. The standard InChI is InChI=1S/C13H26ClN/c1-11(2)13(8-9-14)15-10-12-6-4-3-5-7-12/h11-13,15H,3-10H2,1-2H3. The predicted octanol–water partition coefficient (Wildman–Crippen LogP) is 3.81. The average molecular weight is 232 g/mol. The fourth-order valence-corrected chi connectivity index (χ4v) is 2.73. The van der Waals surface area contributed by atoms with E-state index in [2.05, 4.69) is 19.2 Å². The Balaban J connectivity index is 2.19. The second kappa shape index (κ2) is 7.51. The highest BCUT2D eigenvalue weighted by Crippen LogP contribution is 2.23. The molecule has 0 aromatic rings. The van der Waals surface area contributed by atoms with Gasteiger partial charge in [0, 0.05) is 11.9 Å². The van der Waals surface area contributed by atoms with Crippen LogP contribution in [-0.2, 0) is 0 Å². The lowest BCUT2D eigenvalue weighted by molar-refractivity contribution is 0.302. The fourth-order valence-electron chi connectivity index (χ4n) is 2.50. The summed E-state index contributed by atoms with van der Waals surface area (Å²) in [6.07, 6.45) is 8.29. The Labute approximate surface area is 100.0 Å². The lowest BCUT2D eigenvalue weighted by atomic mass is 9.88. The molecule has 1 aliphatic rings. The monoisotopic (exact) mass is 231 g/mol. The molecule has 0 aliphatic heterocycles. The summed E-state index contributed by atoms with van der Waals surface area (Å²) >= 11 is 5.82. The van der Waals surface area contributed by atoms with E-state index < -0.39 is 0 Å². The first-order valence-electron chi connectivity index (χ1n) is 6.53. The molecule has 15 heavy (non-hydrogen) atoms. The van der Waals surface area contributed by atoms with Gasteiger partial charge in [0.25, 0.3) is 0 Å². The van der Waals surface area contributed by atoms with Crippen molar-refractivity contribution in [3.8, 4) is 0 Å². The molecule has 90 valence electrons. The molecule has 1 fully saturated rings. The van der Waals surface area contributed by atoms with Crippen molar-refractivity contribution in [3.63, 3.8) is 0 Å². The van der Waals surface area contributed by atoms with Crippen molar-refractivity contribution in [1.29, 1.82) is 0 Å². The number of nitrogens with one attached hydrogen (secondary N) is 1. The summed E-state index contributed by atoms with van der Waals surface area (Å²) in [5.41, 5.74) is 0. The molecule has 1 nitrogen and oxygen atoms in total. The number of hydrogen-bond acceptors (Lipinski definition) is 1. The van der Waals surface area contributed by atoms with E-state index in [1.807, 2.05) is 0 Å². The van der Waals surface area contributed by atoms with Gasteiger partial charge in [-0.1, -0.05) is 33.1 Å². The highest BCUT2D eigenvalue weighted by molar-refractivity contribution is 6.17. The zero-order valence-electron chi connectivity index (χ0n) is 10.3. The van der Waals surface area contributed by atoms with Crippen molar-refractivity contribution in [2.75, 3.05) is 12.4 Å². The van der Waals surface area contributed by atoms with E-state index in [-0.39, 0.29) is 0 Å². The zero-order chi connectivity index (χ0) is 11.1. The van der Waals surface area contributed by atoms with Gasteiger partial charge in [-0.05, 0) is 37.6 Å². The second-order valence-electron chi connectivity index (χ2n) is 5.24. The van der Waals surface area contributed by atoms with Gasteiger partial charge in [-0.2, -0.15) is 0 Å². The predicted molar refractivity (Wildman–Crippen MR) is 68.5 cm³/mol. The van der Waals surface area contributed by atoms with Crippen LogP contribution in [0, 0.1) is 11.8 Å². The summed E-state index contributed by atoms with van der Waals surface area (Å²) in [7, 11) is 0. The summed E-state index contributed by atoms with van der Waals surface area (Å²) in [6.45, 7) is 5.77. The molecule has 0 amide bonds. The minimum absolute atomic E-state index is 0.615. The molecule has 0 saturated heterocycles. The molecule has 0 aromatic carbocycles. The maximum Gasteiger partial charge on any atom is 0.0238 e. The van der Waals surface area contributed by atoms with Crippen LogP contribution in [0.4, 0.5) is 0 Å². The first-order chi connectivity index (χ1) is 7.24. The topological polar surface area (TPSA) is 12.0 Å². The average Bonchev–Trinajstić information content (AvgIpc) is 2.25. The molecule has 1 saturated carbocycles. The fraction of sp³-hybridized carbons (Fsp3) is 1.00. The number of rotatable bonds is 6. The quantitative estimate of drug-likeness (QED) is 0.686. The summed E-state index contributed by atoms with van der Waals surface area (Å²) in [5.74, 6) is 2.41. The summed E-state index contributed by atoms with van der Waals surface area (Å²) in [5, 5.41) is 3.71. The van der Waals surface area contributed by atoms with Crippen LogP contribution < -0.4 is 5.32 Å². The Hall–Kier alpha value is 0.250. The molecule has 1 N–H and O–H groups in total. The largest absolute Gasteiger partial charge is 0.313 e. The molecule has 0 radical (unpaired) electrons. The lowest BCUT2D eigenvalue weighted by Gasteiger charge is -2.27. The molecule has 0 heterocycles. The van der Waals surface area contributed by atoms with Crippen LogP contribution >= 0.6 is 11.6 Å². The first-order valence-corrected chi connectivity index (χ1v) is 7.07. The van der Waals surface area contributed by atoms with Crippen molar-refractivity contribution in [3.05, 3.63) is 0 Å². The van der Waals surface area contributed by atoms with Crippen LogP contribution in [0.5, 0.6) is 0 Å². The van der Waals surface area contributed by atoms with Crippen molar-refractivity contribution in [2.24, 2.45) is 11.8 Å². The molecule has 0 spiro atoms. The third-order valence-corrected chi connectivity index (χ3v) is 3.84. The lowest BCUT2D eigenvalue weighted by Crippen LogP contribution is -2.38. The Kier molecular flexibility index (Phi) is 6.67. The van der Waals surface area contributed by atoms with Crippen LogP contribution in [0.1, 0.15) is 52.4 Å². The zero-order valence-corrected chi connectivity index (χ0v) is 11.0. The van der Waals surface area contributed by atoms with Gasteiger partial charge in [0.2, 0.25) is 0 Å². The Morgan fingerprint density at radius 3 is 2.40 bits per heavy atom. The smallest absolute Gasteiger partial charge is 0.0238 e. The normalized spacial score (nSPS) is 20.8. The molecule has 2 heteroatoms. The SMILES string of the molecule is CC(C)C(CCCl)NCC1CCCCC1. The van der Waals surface area contributed by atoms with E-state index in [0.717, 1.165) is 18.2 Å². The molecule has 0 bridgehead atoms. The Morgan fingerprint density at radius 1 is 1.20 bits per heavy atom. The van der Waals surface area contributed by atoms with E-state index in [1.165, 1.54) is 38.6 Å². The molecule has 1 unspecified atom stereocenters. The van der Waals surface area contributed by atoms with Crippen molar-refractivity contribution >= 4 is 11.6 Å². The molecule has 0 aromatic heterocycles. The van der Waals surface area contributed by atoms with E-state index in [4.69, 9.17) is 11.6 Å². The van der Waals surface area contributed by atoms with Gasteiger partial charge in [0.05, 0.1) is 0 Å². The van der Waals surface area contributed by atoms with Crippen LogP contribution in [0.15, 0.2) is 0 Å². The maximum absolute atomic E-state index is 5.82. The van der Waals surface area contributed by atoms with Crippen LogP contribution in [0.3, 0.4) is 0 Å². The van der Waals surface area contributed by atoms with E-state index in [0.29, 0.717) is 12.0 Å². The third kappa shape index (κ3) is 5.21. The molecular formula is C13H26ClN. The molecular weight excluding hydrogens is 206 g/mol. The summed E-state index contributed by atoms with van der Waals surface area (Å²) in [4.78, 5) is 0. The van der Waals surface area contributed by atoms with E-state index in [1.54, 1.807) is 0 Å². The highest BCUT2D eigenvalue weighted by Gasteiger charge is 2.17. The van der Waals surface area contributed by atoms with Crippen LogP contribution in [0.2, 0.25) is 0 Å². The van der Waals surface area contributed by atoms with Gasteiger partial charge in [0.1, 0.15) is 0 Å². The summed E-state index contributed by atoms with van der Waals surface area (Å²) in [6, 6.07) is 0.615. The van der Waals surface area contributed by atoms with Gasteiger partial charge < -0.3 is 5.32 Å². The van der Waals surface area contributed by atoms with E-state index >= 15 is 0 Å². The molecule has 1 atom stereocenters. The summed E-state index contributed by atoms with van der Waals surface area (Å²) < 4.78 is 0. The molecule has 1 aliphatic carbocycles. The van der Waals surface area contributed by atoms with Gasteiger partial charge in [0.15, 0.2) is 0 Å². The second-order valence-corrected chi connectivity index (χ2v) is 5.62. The van der Waals surface area contributed by atoms with Crippen molar-refractivity contribution in [2.45, 2.75) is 58.4 Å². The Bertz CT molecular complexity index is 153. The van der Waals surface area contributed by atoms with Crippen molar-refractivity contribution < 1.29 is 0 Å². The van der Waals surface area contributed by atoms with Gasteiger partial charge in [-0.25, -0.2) is 0 Å². The highest BCUT2D eigenvalue weighted by atomic mass is 35.5. The number of alkyl halides is 1. The van der Waals surface area contributed by atoms with Gasteiger partial charge >= 0.3 is 0 Å². The van der Waals surface area contributed by atoms with Crippen LogP contribution in [-0.4, -0.2) is 18.5 Å². The Morgan fingerprint density at radius 2 is 1.87 bits per heavy atom. The minimum Gasteiger partial charge on any atom is -0.313 e. The molecule has 1 rings (SSSR count). The van der Waals surface area contributed by atoms with Crippen molar-refractivity contribution in [1.82, 2.24) is 5.32 Å². The van der Waals surface area contributed by atoms with Gasteiger partial charge in [-0.3, -0.25) is 0 Å².